The highest BCUT2D eigenvalue weighted by atomic mass is 15.3. The highest BCUT2D eigenvalue weighted by Gasteiger charge is 1.78. The smallest absolute Gasteiger partial charge is 0.135 e. The molecule has 0 aliphatic rings. The second-order valence-corrected chi connectivity index (χ2v) is 1.14. The lowest BCUT2D eigenvalue weighted by molar-refractivity contribution is 0.794. The van der Waals surface area contributed by atoms with Crippen LogP contribution in [0, 0.1) is 6.67 Å². The van der Waals surface area contributed by atoms with Gasteiger partial charge in [-0.05, 0) is 6.07 Å². The van der Waals surface area contributed by atoms with Crippen LogP contribution in [-0.2, 0) is 0 Å². The molecule has 1 heterocycles. The van der Waals surface area contributed by atoms with Crippen molar-refractivity contribution in [1.29, 1.82) is 0 Å². The molecule has 0 saturated heterocycles. The molecule has 0 aromatic carbocycles. The SMILES string of the molecule is N[CH]n1cccn1. The molecule has 3 heteroatoms. The zero-order valence-electron chi connectivity index (χ0n) is 3.78. The molecule has 0 aliphatic heterocycles. The summed E-state index contributed by atoms with van der Waals surface area (Å²) in [5.74, 6) is 0. The van der Waals surface area contributed by atoms with Gasteiger partial charge in [-0.25, -0.2) is 0 Å². The summed E-state index contributed by atoms with van der Waals surface area (Å²) in [7, 11) is 0. The molecular weight excluding hydrogens is 90.1 g/mol. The van der Waals surface area contributed by atoms with Crippen molar-refractivity contribution in [2.45, 2.75) is 0 Å². The van der Waals surface area contributed by atoms with Gasteiger partial charge in [-0.1, -0.05) is 0 Å². The summed E-state index contributed by atoms with van der Waals surface area (Å²) in [6.07, 6.45) is 3.43. The van der Waals surface area contributed by atoms with Crippen molar-refractivity contribution in [2.24, 2.45) is 5.73 Å². The summed E-state index contributed by atoms with van der Waals surface area (Å²) >= 11 is 0. The Labute approximate surface area is 41.7 Å². The van der Waals surface area contributed by atoms with Crippen LogP contribution in [0.4, 0.5) is 0 Å². The van der Waals surface area contributed by atoms with Gasteiger partial charge in [0.05, 0.1) is 0 Å². The standard InChI is InChI=1S/C4H6N3/c5-4-7-3-1-2-6-7/h1-4H,5H2. The van der Waals surface area contributed by atoms with Crippen molar-refractivity contribution in [1.82, 2.24) is 9.78 Å². The molecule has 0 aliphatic carbocycles. The largest absolute Gasteiger partial charge is 0.307 e. The van der Waals surface area contributed by atoms with E-state index in [1.807, 2.05) is 6.07 Å². The first-order valence-electron chi connectivity index (χ1n) is 1.97. The quantitative estimate of drug-likeness (QED) is 0.526. The number of hydrogen-bond acceptors (Lipinski definition) is 2. The van der Waals surface area contributed by atoms with Gasteiger partial charge in [0.1, 0.15) is 6.67 Å². The van der Waals surface area contributed by atoms with E-state index in [2.05, 4.69) is 5.10 Å². The fraction of sp³-hybridized carbons (Fsp3) is 0. The second kappa shape index (κ2) is 1.75. The molecule has 0 unspecified atom stereocenters. The van der Waals surface area contributed by atoms with Crippen LogP contribution < -0.4 is 5.73 Å². The minimum atomic E-state index is 1.39. The molecule has 1 rings (SSSR count). The molecule has 2 N–H and O–H groups in total. The number of nitrogens with zero attached hydrogens (tertiary/aromatic N) is 2. The summed E-state index contributed by atoms with van der Waals surface area (Å²) in [5, 5.41) is 3.77. The van der Waals surface area contributed by atoms with Crippen molar-refractivity contribution in [3.05, 3.63) is 25.1 Å². The van der Waals surface area contributed by atoms with Crippen molar-refractivity contribution < 1.29 is 0 Å². The third-order valence-electron chi connectivity index (χ3n) is 0.678. The van der Waals surface area contributed by atoms with E-state index < -0.39 is 0 Å². The Hall–Kier alpha value is -0.830. The Morgan fingerprint density at radius 1 is 1.71 bits per heavy atom. The first-order chi connectivity index (χ1) is 3.43. The van der Waals surface area contributed by atoms with Crippen molar-refractivity contribution in [3.63, 3.8) is 0 Å². The molecule has 3 nitrogen and oxygen atoms in total. The summed E-state index contributed by atoms with van der Waals surface area (Å²) in [5.41, 5.74) is 5.07. The predicted octanol–water partition coefficient (Wildman–Crippen LogP) is -0.191. The van der Waals surface area contributed by atoms with Crippen LogP contribution in [-0.4, -0.2) is 9.78 Å². The summed E-state index contributed by atoms with van der Waals surface area (Å²) < 4.78 is 1.53. The fourth-order valence-electron chi connectivity index (χ4n) is 0.369. The van der Waals surface area contributed by atoms with Gasteiger partial charge in [0.15, 0.2) is 0 Å². The van der Waals surface area contributed by atoms with E-state index in [9.17, 15) is 0 Å². The van der Waals surface area contributed by atoms with Crippen LogP contribution in [0.5, 0.6) is 0 Å². The maximum Gasteiger partial charge on any atom is 0.135 e. The summed E-state index contributed by atoms with van der Waals surface area (Å²) in [6, 6.07) is 1.81. The van der Waals surface area contributed by atoms with Gasteiger partial charge in [0, 0.05) is 12.4 Å². The first kappa shape index (κ1) is 4.33. The van der Waals surface area contributed by atoms with Crippen LogP contribution in [0.3, 0.4) is 0 Å². The van der Waals surface area contributed by atoms with E-state index in [0.717, 1.165) is 0 Å². The number of aromatic nitrogens is 2. The van der Waals surface area contributed by atoms with Gasteiger partial charge in [0.25, 0.3) is 0 Å². The van der Waals surface area contributed by atoms with Gasteiger partial charge < -0.3 is 5.73 Å². The summed E-state index contributed by atoms with van der Waals surface area (Å²) in [4.78, 5) is 0. The number of rotatable bonds is 1. The van der Waals surface area contributed by atoms with E-state index in [0.29, 0.717) is 0 Å². The Balaban J connectivity index is 2.76. The molecule has 37 valence electrons. The van der Waals surface area contributed by atoms with Gasteiger partial charge in [0.2, 0.25) is 0 Å². The van der Waals surface area contributed by atoms with Gasteiger partial charge >= 0.3 is 0 Å². The Morgan fingerprint density at radius 2 is 2.57 bits per heavy atom. The Kier molecular flexibility index (Phi) is 1.08. The molecule has 0 saturated carbocycles. The highest BCUT2D eigenvalue weighted by Crippen LogP contribution is 1.78. The van der Waals surface area contributed by atoms with Crippen LogP contribution in [0.2, 0.25) is 0 Å². The monoisotopic (exact) mass is 96.1 g/mol. The third kappa shape index (κ3) is 0.778. The lowest BCUT2D eigenvalue weighted by atomic mass is 10.8. The van der Waals surface area contributed by atoms with E-state index in [1.165, 1.54) is 11.4 Å². The molecule has 0 fully saturated rings. The molecule has 1 aromatic heterocycles. The van der Waals surface area contributed by atoms with E-state index in [-0.39, 0.29) is 0 Å². The van der Waals surface area contributed by atoms with Crippen LogP contribution in [0.1, 0.15) is 0 Å². The van der Waals surface area contributed by atoms with E-state index in [4.69, 9.17) is 5.73 Å². The zero-order chi connectivity index (χ0) is 5.11. The lowest BCUT2D eigenvalue weighted by Crippen LogP contribution is -2.02. The lowest BCUT2D eigenvalue weighted by Gasteiger charge is -1.86. The molecule has 0 amide bonds. The topological polar surface area (TPSA) is 43.8 Å². The van der Waals surface area contributed by atoms with Crippen molar-refractivity contribution in [2.75, 3.05) is 0 Å². The van der Waals surface area contributed by atoms with Gasteiger partial charge in [-0.2, -0.15) is 5.10 Å². The minimum absolute atomic E-state index is 1.39. The van der Waals surface area contributed by atoms with E-state index >= 15 is 0 Å². The molecular formula is C4H6N3. The van der Waals surface area contributed by atoms with Gasteiger partial charge in [-0.15, -0.1) is 0 Å². The first-order valence-corrected chi connectivity index (χ1v) is 1.97. The van der Waals surface area contributed by atoms with Crippen molar-refractivity contribution in [3.8, 4) is 0 Å². The maximum absolute atomic E-state index is 5.07. The molecule has 7 heavy (non-hydrogen) atoms. The minimum Gasteiger partial charge on any atom is -0.307 e. The molecule has 1 aromatic rings. The molecule has 0 bridgehead atoms. The number of nitrogens with two attached hydrogens (primary N) is 1. The Bertz CT molecular complexity index is 121. The number of hydrogen-bond donors (Lipinski definition) is 1. The second-order valence-electron chi connectivity index (χ2n) is 1.14. The normalized spacial score (nSPS) is 9.29. The fourth-order valence-corrected chi connectivity index (χ4v) is 0.369. The van der Waals surface area contributed by atoms with Crippen LogP contribution >= 0.6 is 0 Å². The third-order valence-corrected chi connectivity index (χ3v) is 0.678. The molecule has 0 atom stereocenters. The summed E-state index contributed by atoms with van der Waals surface area (Å²) in [6.45, 7) is 1.39. The average molecular weight is 96.1 g/mol. The molecule has 0 spiro atoms. The van der Waals surface area contributed by atoms with Crippen molar-refractivity contribution >= 4 is 0 Å². The van der Waals surface area contributed by atoms with E-state index in [1.54, 1.807) is 12.4 Å². The van der Waals surface area contributed by atoms with Gasteiger partial charge in [-0.3, -0.25) is 4.68 Å². The average Bonchev–Trinajstić information content (AvgIpc) is 2.14. The van der Waals surface area contributed by atoms with Crippen LogP contribution in [0.15, 0.2) is 18.5 Å². The predicted molar refractivity (Wildman–Crippen MR) is 26.1 cm³/mol. The molecule has 1 radical (unpaired) electrons. The zero-order valence-corrected chi connectivity index (χ0v) is 3.78. The maximum atomic E-state index is 5.07. The Morgan fingerprint density at radius 3 is 2.86 bits per heavy atom. The van der Waals surface area contributed by atoms with Crippen LogP contribution in [0.25, 0.3) is 0 Å². The highest BCUT2D eigenvalue weighted by molar-refractivity contribution is 4.80.